The van der Waals surface area contributed by atoms with Gasteiger partial charge in [0.25, 0.3) is 0 Å². The smallest absolute Gasteiger partial charge is 0.0726 e. The topological polar surface area (TPSA) is 3.24 Å². The van der Waals surface area contributed by atoms with E-state index in [1.807, 2.05) is 0 Å². The molecule has 2 aliphatic rings. The summed E-state index contributed by atoms with van der Waals surface area (Å²) in [4.78, 5) is 2.35. The van der Waals surface area contributed by atoms with E-state index in [0.29, 0.717) is 0 Å². The molecule has 0 bridgehead atoms. The van der Waals surface area contributed by atoms with E-state index in [1.165, 1.54) is 55.3 Å². The molecule has 0 aliphatic heterocycles. The largest absolute Gasteiger partial charge is 0.310 e. The van der Waals surface area contributed by atoms with Crippen LogP contribution in [0.3, 0.4) is 0 Å². The number of hydrogen-bond acceptors (Lipinski definition) is 1. The van der Waals surface area contributed by atoms with E-state index in [2.05, 4.69) is 199 Å². The summed E-state index contributed by atoms with van der Waals surface area (Å²) in [5.74, 6) is 0. The Kier molecular flexibility index (Phi) is 6.59. The molecule has 1 spiro atoms. The molecule has 1 nitrogen and oxygen atoms in total. The molecule has 0 saturated carbocycles. The highest BCUT2D eigenvalue weighted by Gasteiger charge is 2.52. The van der Waals surface area contributed by atoms with E-state index >= 15 is 0 Å². The van der Waals surface area contributed by atoms with Gasteiger partial charge in [-0.15, -0.1) is 0 Å². The van der Waals surface area contributed by atoms with Crippen molar-refractivity contribution in [2.45, 2.75) is 5.41 Å². The average Bonchev–Trinajstić information content (AvgIpc) is 3.69. The molecule has 2 heteroatoms. The maximum atomic E-state index is 7.47. The van der Waals surface area contributed by atoms with Crippen LogP contribution in [0.5, 0.6) is 0 Å². The molecular weight excluding hydrogens is 662 g/mol. The van der Waals surface area contributed by atoms with Crippen LogP contribution in [0.4, 0.5) is 17.1 Å². The second-order valence-electron chi connectivity index (χ2n) is 14.1. The Morgan fingerprint density at radius 1 is 0.340 bits per heavy atom. The molecule has 0 aromatic heterocycles. The monoisotopic (exact) mass is 693 g/mol. The Morgan fingerprint density at radius 3 is 1.57 bits per heavy atom. The molecule has 248 valence electrons. The predicted molar refractivity (Wildman–Crippen MR) is 223 cm³/mol. The van der Waals surface area contributed by atoms with Gasteiger partial charge in [0.2, 0.25) is 0 Å². The molecule has 1 atom stereocenters. The van der Waals surface area contributed by atoms with Gasteiger partial charge in [-0.1, -0.05) is 169 Å². The molecule has 0 radical (unpaired) electrons. The summed E-state index contributed by atoms with van der Waals surface area (Å²) in [6.45, 7) is 0. The van der Waals surface area contributed by atoms with Crippen molar-refractivity contribution >= 4 is 50.2 Å². The van der Waals surface area contributed by atoms with Crippen molar-refractivity contribution in [1.29, 1.82) is 0 Å². The fourth-order valence-electron chi connectivity index (χ4n) is 9.51. The van der Waals surface area contributed by atoms with Crippen LogP contribution < -0.4 is 4.90 Å². The highest BCUT2D eigenvalue weighted by molar-refractivity contribution is 6.35. The Hall–Kier alpha value is -6.41. The molecule has 0 fully saturated rings. The van der Waals surface area contributed by atoms with Crippen LogP contribution in [0, 0.1) is 0 Å². The number of benzene rings is 9. The summed E-state index contributed by atoms with van der Waals surface area (Å²) < 4.78 is 0. The molecule has 11 rings (SSSR count). The molecule has 0 heterocycles. The van der Waals surface area contributed by atoms with E-state index in [4.69, 9.17) is 11.6 Å². The summed E-state index contributed by atoms with van der Waals surface area (Å²) in [7, 11) is 0. The SMILES string of the molecule is Clc1ccc2c(c1-c1ccc(N(c3ccccc3)c3ccccc3)c3ccccc13)-c1ccccc1C21c2ccccc2-c2c1ccc1ccccc21. The van der Waals surface area contributed by atoms with Crippen LogP contribution in [0.15, 0.2) is 194 Å². The minimum absolute atomic E-state index is 0.478. The fourth-order valence-corrected chi connectivity index (χ4v) is 9.77. The minimum atomic E-state index is -0.478. The highest BCUT2D eigenvalue weighted by Crippen LogP contribution is 2.65. The fraction of sp³-hybridized carbons (Fsp3) is 0.0196. The van der Waals surface area contributed by atoms with Gasteiger partial charge in [0.05, 0.1) is 11.1 Å². The van der Waals surface area contributed by atoms with E-state index in [1.54, 1.807) is 0 Å². The molecule has 9 aromatic rings. The van der Waals surface area contributed by atoms with Crippen molar-refractivity contribution in [2.24, 2.45) is 0 Å². The third-order valence-corrected chi connectivity index (χ3v) is 11.8. The number of rotatable bonds is 4. The second-order valence-corrected chi connectivity index (χ2v) is 14.5. The zero-order chi connectivity index (χ0) is 35.1. The van der Waals surface area contributed by atoms with Crippen LogP contribution in [0.1, 0.15) is 22.3 Å². The Morgan fingerprint density at radius 2 is 0.868 bits per heavy atom. The molecular formula is C51H32ClN. The standard InChI is InChI=1S/C51H32ClN/c52-46-31-30-45-49(41-24-12-14-26-43(41)51(45)42-25-13-11-23-40(42)48-36-20-8-7-15-33(36)27-29-44(48)51)50(46)39-28-32-47(38-22-10-9-21-37(38)39)53(34-16-3-1-4-17-34)35-18-5-2-6-19-35/h1-32H. The van der Waals surface area contributed by atoms with Crippen molar-refractivity contribution in [1.82, 2.24) is 0 Å². The van der Waals surface area contributed by atoms with Crippen LogP contribution in [0.2, 0.25) is 5.02 Å². The third kappa shape index (κ3) is 4.14. The lowest BCUT2D eigenvalue weighted by Gasteiger charge is -2.31. The number of halogens is 1. The van der Waals surface area contributed by atoms with Crippen molar-refractivity contribution < 1.29 is 0 Å². The first-order valence-corrected chi connectivity index (χ1v) is 18.6. The van der Waals surface area contributed by atoms with Crippen molar-refractivity contribution in [2.75, 3.05) is 4.90 Å². The number of fused-ring (bicyclic) bond motifs is 13. The molecule has 53 heavy (non-hydrogen) atoms. The quantitative estimate of drug-likeness (QED) is 0.177. The minimum Gasteiger partial charge on any atom is -0.310 e. The van der Waals surface area contributed by atoms with Gasteiger partial charge in [0.1, 0.15) is 0 Å². The van der Waals surface area contributed by atoms with Crippen LogP contribution in [0.25, 0.3) is 54.9 Å². The third-order valence-electron chi connectivity index (χ3n) is 11.5. The van der Waals surface area contributed by atoms with Gasteiger partial charge in [-0.2, -0.15) is 0 Å². The first kappa shape index (κ1) is 30.2. The maximum absolute atomic E-state index is 7.47. The van der Waals surface area contributed by atoms with Gasteiger partial charge >= 0.3 is 0 Å². The highest BCUT2D eigenvalue weighted by atomic mass is 35.5. The number of nitrogens with zero attached hydrogens (tertiary/aromatic N) is 1. The van der Waals surface area contributed by atoms with Gasteiger partial charge in [0.15, 0.2) is 0 Å². The summed E-state index contributed by atoms with van der Waals surface area (Å²) in [5, 5.41) is 5.62. The molecule has 2 aliphatic carbocycles. The van der Waals surface area contributed by atoms with Crippen molar-refractivity contribution in [3.63, 3.8) is 0 Å². The van der Waals surface area contributed by atoms with Gasteiger partial charge in [-0.05, 0) is 103 Å². The van der Waals surface area contributed by atoms with E-state index in [9.17, 15) is 0 Å². The van der Waals surface area contributed by atoms with Crippen LogP contribution >= 0.6 is 11.6 Å². The lowest BCUT2D eigenvalue weighted by atomic mass is 9.70. The van der Waals surface area contributed by atoms with Crippen molar-refractivity contribution in [3.05, 3.63) is 221 Å². The lowest BCUT2D eigenvalue weighted by Crippen LogP contribution is -2.25. The van der Waals surface area contributed by atoms with Crippen LogP contribution in [-0.4, -0.2) is 0 Å². The molecule has 0 saturated heterocycles. The van der Waals surface area contributed by atoms with Crippen LogP contribution in [-0.2, 0) is 5.41 Å². The van der Waals surface area contributed by atoms with E-state index in [0.717, 1.165) is 44.0 Å². The molecule has 0 N–H and O–H groups in total. The Labute approximate surface area is 314 Å². The number of hydrogen-bond donors (Lipinski definition) is 0. The summed E-state index contributed by atoms with van der Waals surface area (Å²) in [5.41, 5.74) is 15.4. The van der Waals surface area contributed by atoms with Gasteiger partial charge in [-0.3, -0.25) is 0 Å². The van der Waals surface area contributed by atoms with Gasteiger partial charge in [0, 0.05) is 27.3 Å². The second kappa shape index (κ2) is 11.5. The Balaban J connectivity index is 1.22. The maximum Gasteiger partial charge on any atom is 0.0726 e. The Bertz CT molecular complexity index is 2870. The zero-order valence-corrected chi connectivity index (χ0v) is 29.6. The summed E-state index contributed by atoms with van der Waals surface area (Å²) in [6, 6.07) is 70.5. The lowest BCUT2D eigenvalue weighted by molar-refractivity contribution is 0.794. The number of anilines is 3. The van der Waals surface area contributed by atoms with Crippen molar-refractivity contribution in [3.8, 4) is 33.4 Å². The molecule has 1 unspecified atom stereocenters. The van der Waals surface area contributed by atoms with Gasteiger partial charge in [-0.25, -0.2) is 0 Å². The summed E-state index contributed by atoms with van der Waals surface area (Å²) >= 11 is 7.47. The first-order chi connectivity index (χ1) is 26.2. The van der Waals surface area contributed by atoms with Gasteiger partial charge < -0.3 is 4.90 Å². The predicted octanol–water partition coefficient (Wildman–Crippen LogP) is 14.1. The first-order valence-electron chi connectivity index (χ1n) is 18.2. The average molecular weight is 694 g/mol. The van der Waals surface area contributed by atoms with E-state index in [-0.39, 0.29) is 0 Å². The van der Waals surface area contributed by atoms with E-state index < -0.39 is 5.41 Å². The number of para-hydroxylation sites is 2. The molecule has 9 aromatic carbocycles. The molecule has 0 amide bonds. The summed E-state index contributed by atoms with van der Waals surface area (Å²) in [6.07, 6.45) is 0. The normalized spacial score (nSPS) is 15.0. The zero-order valence-electron chi connectivity index (χ0n) is 28.8.